The molecule has 41 heavy (non-hydrogen) atoms. The molecule has 4 heterocycles. The third kappa shape index (κ3) is 6.49. The molecular formula is C33H45N5O3. The summed E-state index contributed by atoms with van der Waals surface area (Å²) in [7, 11) is 0. The van der Waals surface area contributed by atoms with E-state index < -0.39 is 17.7 Å². The number of nitrogens with one attached hydrogen (secondary N) is 1. The molecule has 0 bridgehead atoms. The van der Waals surface area contributed by atoms with Crippen molar-refractivity contribution in [1.29, 1.82) is 0 Å². The van der Waals surface area contributed by atoms with Gasteiger partial charge in [-0.05, 0) is 76.0 Å². The number of aliphatic carboxylic acids is 1. The van der Waals surface area contributed by atoms with Gasteiger partial charge in [0.15, 0.2) is 6.10 Å². The molecule has 2 aliphatic rings. The minimum Gasteiger partial charge on any atom is -0.479 e. The number of aromatic nitrogens is 3. The fourth-order valence-corrected chi connectivity index (χ4v) is 6.27. The molecule has 1 atom stereocenters. The number of imidazole rings is 1. The van der Waals surface area contributed by atoms with Crippen molar-refractivity contribution >= 4 is 11.7 Å². The number of anilines is 1. The summed E-state index contributed by atoms with van der Waals surface area (Å²) in [6.07, 6.45) is 5.55. The third-order valence-electron chi connectivity index (χ3n) is 8.51. The first kappa shape index (κ1) is 29.3. The number of aryl methyl sites for hydroxylation is 2. The van der Waals surface area contributed by atoms with Crippen molar-refractivity contribution in [1.82, 2.24) is 19.9 Å². The topological polar surface area (TPSA) is 94.6 Å². The van der Waals surface area contributed by atoms with E-state index in [4.69, 9.17) is 9.72 Å². The highest BCUT2D eigenvalue weighted by Crippen LogP contribution is 2.45. The third-order valence-corrected chi connectivity index (χ3v) is 8.51. The molecule has 2 aliphatic heterocycles. The second kappa shape index (κ2) is 11.2. The van der Waals surface area contributed by atoms with Crippen LogP contribution in [-0.2, 0) is 29.0 Å². The SMILES string of the molecule is Cc1nc(C)c(C(OC(C)(C)C)C(=O)O)c(N2CCC(C)(C)CC2)c1-c1ccc2c(c1)CCN(Cc1cnc[nH]1)C2. The van der Waals surface area contributed by atoms with Crippen LogP contribution in [0, 0.1) is 19.3 Å². The van der Waals surface area contributed by atoms with E-state index in [2.05, 4.69) is 58.7 Å². The van der Waals surface area contributed by atoms with Crippen LogP contribution in [0.5, 0.6) is 0 Å². The van der Waals surface area contributed by atoms with E-state index in [1.807, 2.05) is 33.9 Å². The monoisotopic (exact) mass is 559 g/mol. The van der Waals surface area contributed by atoms with Crippen molar-refractivity contribution < 1.29 is 14.6 Å². The summed E-state index contributed by atoms with van der Waals surface area (Å²) in [4.78, 5) is 29.9. The Morgan fingerprint density at radius 1 is 1.12 bits per heavy atom. The molecule has 0 amide bonds. The van der Waals surface area contributed by atoms with Gasteiger partial charge in [-0.1, -0.05) is 32.0 Å². The zero-order valence-corrected chi connectivity index (χ0v) is 25.7. The average molecular weight is 560 g/mol. The number of carbonyl (C=O) groups is 1. The number of piperidine rings is 1. The predicted octanol–water partition coefficient (Wildman–Crippen LogP) is 6.21. The van der Waals surface area contributed by atoms with Gasteiger partial charge in [-0.25, -0.2) is 9.78 Å². The number of aromatic amines is 1. The van der Waals surface area contributed by atoms with E-state index in [0.717, 1.165) is 85.9 Å². The van der Waals surface area contributed by atoms with Crippen molar-refractivity contribution in [2.45, 2.75) is 92.5 Å². The minimum atomic E-state index is -1.11. The number of pyridine rings is 1. The maximum atomic E-state index is 12.8. The smallest absolute Gasteiger partial charge is 0.337 e. The highest BCUT2D eigenvalue weighted by molar-refractivity contribution is 5.88. The second-order valence-corrected chi connectivity index (χ2v) is 13.5. The van der Waals surface area contributed by atoms with Crippen LogP contribution in [0.25, 0.3) is 11.1 Å². The van der Waals surface area contributed by atoms with Gasteiger partial charge in [0.2, 0.25) is 0 Å². The first-order valence-corrected chi connectivity index (χ1v) is 14.8. The zero-order chi connectivity index (χ0) is 29.5. The molecular weight excluding hydrogens is 514 g/mol. The number of benzene rings is 1. The molecule has 1 saturated heterocycles. The summed E-state index contributed by atoms with van der Waals surface area (Å²) in [5.74, 6) is -0.985. The minimum absolute atomic E-state index is 0.260. The maximum Gasteiger partial charge on any atom is 0.337 e. The number of carboxylic acid groups (broad SMARTS) is 1. The van der Waals surface area contributed by atoms with Gasteiger partial charge in [-0.3, -0.25) is 9.88 Å². The Morgan fingerprint density at radius 3 is 2.49 bits per heavy atom. The van der Waals surface area contributed by atoms with Gasteiger partial charge in [0.25, 0.3) is 0 Å². The fourth-order valence-electron chi connectivity index (χ4n) is 6.27. The summed E-state index contributed by atoms with van der Waals surface area (Å²) in [6.45, 7) is 18.8. The quantitative estimate of drug-likeness (QED) is 0.355. The lowest BCUT2D eigenvalue weighted by molar-refractivity contribution is -0.160. The van der Waals surface area contributed by atoms with Crippen LogP contribution in [0.3, 0.4) is 0 Å². The van der Waals surface area contributed by atoms with E-state index in [9.17, 15) is 9.90 Å². The average Bonchev–Trinajstić information content (AvgIpc) is 3.39. The fraction of sp³-hybridized carbons (Fsp3) is 0.545. The Hall–Kier alpha value is -3.23. The molecule has 1 aromatic carbocycles. The lowest BCUT2D eigenvalue weighted by Gasteiger charge is -2.41. The maximum absolute atomic E-state index is 12.8. The molecule has 2 N–H and O–H groups in total. The number of hydrogen-bond donors (Lipinski definition) is 2. The second-order valence-electron chi connectivity index (χ2n) is 13.5. The van der Waals surface area contributed by atoms with Crippen LogP contribution >= 0.6 is 0 Å². The first-order valence-electron chi connectivity index (χ1n) is 14.8. The number of hydrogen-bond acceptors (Lipinski definition) is 6. The van der Waals surface area contributed by atoms with Crippen molar-refractivity contribution in [3.05, 3.63) is 64.5 Å². The van der Waals surface area contributed by atoms with Gasteiger partial charge < -0.3 is 19.7 Å². The number of nitrogens with zero attached hydrogens (tertiary/aromatic N) is 4. The Labute approximate surface area is 244 Å². The van der Waals surface area contributed by atoms with Crippen molar-refractivity contribution in [3.8, 4) is 11.1 Å². The molecule has 0 radical (unpaired) electrons. The van der Waals surface area contributed by atoms with Crippen LogP contribution < -0.4 is 4.90 Å². The van der Waals surface area contributed by atoms with E-state index in [-0.39, 0.29) is 5.41 Å². The molecule has 3 aromatic rings. The van der Waals surface area contributed by atoms with Crippen molar-refractivity contribution in [2.24, 2.45) is 5.41 Å². The van der Waals surface area contributed by atoms with Gasteiger partial charge in [0, 0.05) is 67.1 Å². The van der Waals surface area contributed by atoms with Gasteiger partial charge in [0.1, 0.15) is 0 Å². The summed E-state index contributed by atoms with van der Waals surface area (Å²) in [6, 6.07) is 6.75. The lowest BCUT2D eigenvalue weighted by atomic mass is 9.81. The molecule has 0 spiro atoms. The Bertz CT molecular complexity index is 1400. The molecule has 220 valence electrons. The molecule has 0 saturated carbocycles. The van der Waals surface area contributed by atoms with Gasteiger partial charge in [-0.15, -0.1) is 0 Å². The molecule has 1 unspecified atom stereocenters. The number of H-pyrrole nitrogens is 1. The highest BCUT2D eigenvalue weighted by Gasteiger charge is 2.36. The first-order chi connectivity index (χ1) is 19.3. The number of carboxylic acids is 1. The van der Waals surface area contributed by atoms with Gasteiger partial charge >= 0.3 is 5.97 Å². The van der Waals surface area contributed by atoms with Crippen LogP contribution in [0.2, 0.25) is 0 Å². The summed E-state index contributed by atoms with van der Waals surface area (Å²) >= 11 is 0. The van der Waals surface area contributed by atoms with E-state index >= 15 is 0 Å². The number of fused-ring (bicyclic) bond motifs is 1. The highest BCUT2D eigenvalue weighted by atomic mass is 16.5. The molecule has 2 aromatic heterocycles. The van der Waals surface area contributed by atoms with E-state index in [1.165, 1.54) is 11.1 Å². The molecule has 8 heteroatoms. The Morgan fingerprint density at radius 2 is 1.85 bits per heavy atom. The van der Waals surface area contributed by atoms with Crippen LogP contribution in [0.4, 0.5) is 5.69 Å². The van der Waals surface area contributed by atoms with Crippen molar-refractivity contribution in [3.63, 3.8) is 0 Å². The molecule has 5 rings (SSSR count). The van der Waals surface area contributed by atoms with E-state index in [0.29, 0.717) is 5.56 Å². The van der Waals surface area contributed by atoms with Crippen LogP contribution in [0.1, 0.15) is 87.3 Å². The van der Waals surface area contributed by atoms with Gasteiger partial charge in [0.05, 0.1) is 17.6 Å². The predicted molar refractivity (Wildman–Crippen MR) is 162 cm³/mol. The zero-order valence-electron chi connectivity index (χ0n) is 25.7. The van der Waals surface area contributed by atoms with Crippen LogP contribution in [-0.4, -0.2) is 56.2 Å². The number of rotatable bonds is 7. The summed E-state index contributed by atoms with van der Waals surface area (Å²) in [5.41, 5.74) is 8.83. The molecule has 0 aliphatic carbocycles. The van der Waals surface area contributed by atoms with Crippen molar-refractivity contribution in [2.75, 3.05) is 24.5 Å². The Kier molecular flexibility index (Phi) is 8.01. The Balaban J connectivity index is 1.60. The summed E-state index contributed by atoms with van der Waals surface area (Å²) in [5, 5.41) is 10.4. The summed E-state index contributed by atoms with van der Waals surface area (Å²) < 4.78 is 6.24. The van der Waals surface area contributed by atoms with E-state index in [1.54, 1.807) is 6.33 Å². The van der Waals surface area contributed by atoms with Crippen LogP contribution in [0.15, 0.2) is 30.7 Å². The standard InChI is InChI=1S/C33H45N5O3/c1-21-27(24-8-9-25-18-37(13-10-23(25)16-24)19-26-17-34-20-35-26)29(38-14-11-33(6,7)12-15-38)28(22(2)36-21)30(31(39)40)41-32(3,4)5/h8-9,16-17,20,30H,10-15,18-19H2,1-7H3,(H,34,35)(H,39,40). The normalized spacial score (nSPS) is 18.3. The lowest BCUT2D eigenvalue weighted by Crippen LogP contribution is -2.39. The largest absolute Gasteiger partial charge is 0.479 e. The number of ether oxygens (including phenoxy) is 1. The molecule has 1 fully saturated rings. The van der Waals surface area contributed by atoms with Gasteiger partial charge in [-0.2, -0.15) is 0 Å². The molecule has 8 nitrogen and oxygen atoms in total.